The van der Waals surface area contributed by atoms with E-state index in [1.54, 1.807) is 21.9 Å². The lowest BCUT2D eigenvalue weighted by Crippen LogP contribution is -2.32. The van der Waals surface area contributed by atoms with Gasteiger partial charge in [0.1, 0.15) is 5.82 Å². The monoisotopic (exact) mass is 338 g/mol. The maximum Gasteiger partial charge on any atom is 0.261 e. The van der Waals surface area contributed by atoms with Crippen molar-refractivity contribution in [3.63, 3.8) is 0 Å². The normalized spacial score (nSPS) is 17.0. The van der Waals surface area contributed by atoms with Crippen molar-refractivity contribution in [1.82, 2.24) is 0 Å². The van der Waals surface area contributed by atoms with Crippen molar-refractivity contribution in [2.24, 2.45) is 5.92 Å². The average molecular weight is 338 g/mol. The van der Waals surface area contributed by atoms with E-state index < -0.39 is 5.82 Å². The van der Waals surface area contributed by atoms with Crippen LogP contribution >= 0.6 is 0 Å². The molecule has 0 spiro atoms. The minimum Gasteiger partial charge on any atom is -0.310 e. The van der Waals surface area contributed by atoms with Crippen molar-refractivity contribution in [3.8, 4) is 0 Å². The number of para-hydroxylation sites is 2. The van der Waals surface area contributed by atoms with Crippen LogP contribution in [0.1, 0.15) is 29.6 Å². The highest BCUT2D eigenvalue weighted by Crippen LogP contribution is 2.38. The maximum atomic E-state index is 14.1. The predicted molar refractivity (Wildman–Crippen MR) is 94.2 cm³/mol. The van der Waals surface area contributed by atoms with Crippen molar-refractivity contribution >= 4 is 23.2 Å². The third-order valence-corrected chi connectivity index (χ3v) is 4.77. The van der Waals surface area contributed by atoms with Crippen LogP contribution in [-0.4, -0.2) is 24.9 Å². The summed E-state index contributed by atoms with van der Waals surface area (Å²) in [6, 6.07) is 13.4. The molecule has 1 saturated carbocycles. The van der Waals surface area contributed by atoms with Crippen LogP contribution in [-0.2, 0) is 4.79 Å². The molecule has 2 aromatic carbocycles. The van der Waals surface area contributed by atoms with Gasteiger partial charge in [-0.3, -0.25) is 9.59 Å². The number of rotatable bonds is 2. The van der Waals surface area contributed by atoms with Crippen molar-refractivity contribution in [2.45, 2.75) is 19.3 Å². The van der Waals surface area contributed by atoms with Gasteiger partial charge in [0.15, 0.2) is 0 Å². The Kier molecular flexibility index (Phi) is 3.99. The summed E-state index contributed by atoms with van der Waals surface area (Å²) >= 11 is 0. The Hall–Kier alpha value is -2.69. The van der Waals surface area contributed by atoms with E-state index in [4.69, 9.17) is 0 Å². The lowest BCUT2D eigenvalue weighted by molar-refractivity contribution is -0.119. The van der Waals surface area contributed by atoms with Crippen LogP contribution in [0.3, 0.4) is 0 Å². The third-order valence-electron chi connectivity index (χ3n) is 4.77. The van der Waals surface area contributed by atoms with E-state index >= 15 is 0 Å². The van der Waals surface area contributed by atoms with Crippen LogP contribution in [0.25, 0.3) is 0 Å². The number of nitrogens with zero attached hydrogens (tertiary/aromatic N) is 2. The molecule has 0 radical (unpaired) electrons. The third kappa shape index (κ3) is 2.90. The molecule has 0 saturated heterocycles. The number of hydrogen-bond donors (Lipinski definition) is 0. The molecule has 0 atom stereocenters. The van der Waals surface area contributed by atoms with Gasteiger partial charge < -0.3 is 9.80 Å². The second-order valence-electron chi connectivity index (χ2n) is 6.54. The van der Waals surface area contributed by atoms with E-state index in [9.17, 15) is 14.0 Å². The van der Waals surface area contributed by atoms with Gasteiger partial charge in [0.05, 0.1) is 16.9 Å². The van der Waals surface area contributed by atoms with Crippen LogP contribution in [0.4, 0.5) is 15.8 Å². The van der Waals surface area contributed by atoms with Gasteiger partial charge in [-0.05, 0) is 43.5 Å². The van der Waals surface area contributed by atoms with Crippen molar-refractivity contribution in [3.05, 3.63) is 59.9 Å². The predicted octanol–water partition coefficient (Wildman–Crippen LogP) is 3.62. The Morgan fingerprint density at radius 1 is 0.880 bits per heavy atom. The first-order valence-electron chi connectivity index (χ1n) is 8.63. The number of fused-ring (bicyclic) bond motifs is 1. The summed E-state index contributed by atoms with van der Waals surface area (Å²) < 4.78 is 14.1. The van der Waals surface area contributed by atoms with Gasteiger partial charge in [0, 0.05) is 19.0 Å². The highest BCUT2D eigenvalue weighted by molar-refractivity contribution is 6.10. The Morgan fingerprint density at radius 2 is 1.48 bits per heavy atom. The summed E-state index contributed by atoms with van der Waals surface area (Å²) in [5.74, 6) is -0.652. The summed E-state index contributed by atoms with van der Waals surface area (Å²) in [4.78, 5) is 29.0. The van der Waals surface area contributed by atoms with E-state index in [2.05, 4.69) is 0 Å². The van der Waals surface area contributed by atoms with Gasteiger partial charge in [-0.15, -0.1) is 0 Å². The first kappa shape index (κ1) is 15.8. The SMILES string of the molecule is O=C(c1ccccc1F)N1CCCN(C(=O)C2CC2)c2ccccc21. The number of anilines is 2. The van der Waals surface area contributed by atoms with E-state index in [-0.39, 0.29) is 23.3 Å². The van der Waals surface area contributed by atoms with Crippen LogP contribution in [0.5, 0.6) is 0 Å². The van der Waals surface area contributed by atoms with Crippen LogP contribution < -0.4 is 9.80 Å². The topological polar surface area (TPSA) is 40.6 Å². The molecule has 2 aliphatic rings. The number of carbonyl (C=O) groups is 2. The highest BCUT2D eigenvalue weighted by atomic mass is 19.1. The zero-order valence-corrected chi connectivity index (χ0v) is 13.8. The van der Waals surface area contributed by atoms with E-state index in [0.29, 0.717) is 25.2 Å². The molecule has 5 heteroatoms. The molecule has 0 aromatic heterocycles. The molecule has 128 valence electrons. The van der Waals surface area contributed by atoms with Crippen LogP contribution in [0, 0.1) is 11.7 Å². The second-order valence-corrected chi connectivity index (χ2v) is 6.54. The van der Waals surface area contributed by atoms with Crippen molar-refractivity contribution in [1.29, 1.82) is 0 Å². The first-order chi connectivity index (χ1) is 12.2. The molecule has 2 aromatic rings. The quantitative estimate of drug-likeness (QED) is 0.839. The second kappa shape index (κ2) is 6.31. The first-order valence-corrected chi connectivity index (χ1v) is 8.63. The number of benzene rings is 2. The zero-order valence-electron chi connectivity index (χ0n) is 13.8. The zero-order chi connectivity index (χ0) is 17.4. The number of hydrogen-bond acceptors (Lipinski definition) is 2. The summed E-state index contributed by atoms with van der Waals surface area (Å²) in [5, 5.41) is 0. The standard InChI is InChI=1S/C20H19FN2O2/c21-16-7-2-1-6-15(16)20(25)23-13-5-12-22(19(24)14-10-11-14)17-8-3-4-9-18(17)23/h1-4,6-9,14H,5,10-13H2. The fourth-order valence-corrected chi connectivity index (χ4v) is 3.32. The molecule has 1 aliphatic carbocycles. The number of halogens is 1. The molecule has 1 fully saturated rings. The molecular formula is C20H19FN2O2. The van der Waals surface area contributed by atoms with Gasteiger partial charge in [-0.2, -0.15) is 0 Å². The molecule has 0 bridgehead atoms. The van der Waals surface area contributed by atoms with Crippen molar-refractivity contribution in [2.75, 3.05) is 22.9 Å². The largest absolute Gasteiger partial charge is 0.310 e. The molecule has 1 aliphatic heterocycles. The lowest BCUT2D eigenvalue weighted by Gasteiger charge is -2.25. The van der Waals surface area contributed by atoms with Gasteiger partial charge in [0.2, 0.25) is 5.91 Å². The molecule has 25 heavy (non-hydrogen) atoms. The van der Waals surface area contributed by atoms with Gasteiger partial charge in [0.25, 0.3) is 5.91 Å². The van der Waals surface area contributed by atoms with E-state index in [1.807, 2.05) is 24.3 Å². The summed E-state index contributed by atoms with van der Waals surface area (Å²) in [6.45, 7) is 1.03. The molecule has 4 rings (SSSR count). The Bertz CT molecular complexity index is 832. The average Bonchev–Trinajstić information content (AvgIpc) is 3.47. The Morgan fingerprint density at radius 3 is 2.16 bits per heavy atom. The summed E-state index contributed by atoms with van der Waals surface area (Å²) in [6.07, 6.45) is 2.54. The molecule has 1 heterocycles. The molecule has 4 nitrogen and oxygen atoms in total. The number of amides is 2. The fraction of sp³-hybridized carbons (Fsp3) is 0.300. The van der Waals surface area contributed by atoms with Crippen LogP contribution in [0.15, 0.2) is 48.5 Å². The van der Waals surface area contributed by atoms with Gasteiger partial charge in [-0.25, -0.2) is 4.39 Å². The lowest BCUT2D eigenvalue weighted by atomic mass is 10.1. The maximum absolute atomic E-state index is 14.1. The Balaban J connectivity index is 1.73. The molecule has 2 amide bonds. The summed E-state index contributed by atoms with van der Waals surface area (Å²) in [5.41, 5.74) is 1.46. The van der Waals surface area contributed by atoms with Gasteiger partial charge >= 0.3 is 0 Å². The molecule has 0 unspecified atom stereocenters. The highest BCUT2D eigenvalue weighted by Gasteiger charge is 2.36. The summed E-state index contributed by atoms with van der Waals surface area (Å²) in [7, 11) is 0. The smallest absolute Gasteiger partial charge is 0.261 e. The minimum absolute atomic E-state index is 0.0549. The van der Waals surface area contributed by atoms with E-state index in [1.165, 1.54) is 12.1 Å². The molecular weight excluding hydrogens is 319 g/mol. The fourth-order valence-electron chi connectivity index (χ4n) is 3.32. The minimum atomic E-state index is -0.528. The van der Waals surface area contributed by atoms with Crippen LogP contribution in [0.2, 0.25) is 0 Å². The van der Waals surface area contributed by atoms with Crippen molar-refractivity contribution < 1.29 is 14.0 Å². The van der Waals surface area contributed by atoms with Gasteiger partial charge in [-0.1, -0.05) is 24.3 Å². The van der Waals surface area contributed by atoms with E-state index in [0.717, 1.165) is 18.5 Å². The molecule has 0 N–H and O–H groups in total. The number of carbonyl (C=O) groups excluding carboxylic acids is 2. The Labute approximate surface area is 145 Å².